The van der Waals surface area contributed by atoms with E-state index in [1.165, 1.54) is 46.8 Å². The predicted molar refractivity (Wildman–Crippen MR) is 199 cm³/mol. The molecule has 20 heteroatoms. The third-order valence-corrected chi connectivity index (χ3v) is 7.45. The van der Waals surface area contributed by atoms with E-state index in [1.807, 2.05) is 52.0 Å². The molecule has 0 saturated heterocycles. The molecule has 0 unspecified atom stereocenters. The van der Waals surface area contributed by atoms with Gasteiger partial charge >= 0.3 is 19.3 Å². The van der Waals surface area contributed by atoms with Gasteiger partial charge in [0.15, 0.2) is 11.6 Å². The Bertz CT molecular complexity index is 2270. The summed E-state index contributed by atoms with van der Waals surface area (Å²) in [6.07, 6.45) is 8.47. The van der Waals surface area contributed by atoms with E-state index in [1.54, 1.807) is 0 Å². The fourth-order valence-corrected chi connectivity index (χ4v) is 4.86. The quantitative estimate of drug-likeness (QED) is 0.0987. The van der Waals surface area contributed by atoms with Crippen molar-refractivity contribution in [3.05, 3.63) is 118 Å². The van der Waals surface area contributed by atoms with Gasteiger partial charge in [-0.1, -0.05) is 34.4 Å². The summed E-state index contributed by atoms with van der Waals surface area (Å²) in [5.74, 6) is -0.142. The Hall–Kier alpha value is -6.38. The van der Waals surface area contributed by atoms with Crippen LogP contribution in [0, 0.1) is 39.9 Å². The van der Waals surface area contributed by atoms with Gasteiger partial charge in [-0.2, -0.15) is 8.78 Å². The van der Waals surface area contributed by atoms with E-state index < -0.39 is 31.1 Å². The summed E-state index contributed by atoms with van der Waals surface area (Å²) >= 11 is 3.07. The lowest BCUT2D eigenvalue weighted by Gasteiger charge is -2.03. The Morgan fingerprint density at radius 2 is 1.07 bits per heavy atom. The summed E-state index contributed by atoms with van der Waals surface area (Å²) in [6.45, 7) is 8.04. The van der Waals surface area contributed by atoms with Gasteiger partial charge in [0.25, 0.3) is 11.8 Å². The van der Waals surface area contributed by atoms with Gasteiger partial charge in [-0.15, -0.1) is 10.2 Å². The van der Waals surface area contributed by atoms with Gasteiger partial charge in [-0.3, -0.25) is 9.59 Å². The van der Waals surface area contributed by atoms with Gasteiger partial charge in [0.2, 0.25) is 0 Å². The topological polar surface area (TPSA) is 240 Å². The Morgan fingerprint density at radius 1 is 0.667 bits per heavy atom. The standard InChI is InChI=1S/C17H15FN6O.C13H13BrN4O.C4H4BFN2O2/c1-10-3-11(2)5-12(4-10)16-22-9-24(23-16)8-14(15(19)25)13-6-20-17(18)21-7-13;1-8-3-9(2)5-10(4-8)13-16-7-18(17-13)6-11(14)12(15)19;6-4-7-1-3(2-8-4)5(9)10/h3-9H,1-2H3,(H2,19,25);3-7H,1-2H3,(H2,15,19);1-2,9-10H/b14-8+;11-6-;. The highest BCUT2D eigenvalue weighted by molar-refractivity contribution is 9.12. The molecule has 0 atom stereocenters. The largest absolute Gasteiger partial charge is 0.491 e. The van der Waals surface area contributed by atoms with Crippen LogP contribution in [-0.4, -0.2) is 78.4 Å². The van der Waals surface area contributed by atoms with Crippen LogP contribution in [-0.2, 0) is 9.59 Å². The van der Waals surface area contributed by atoms with Crippen molar-refractivity contribution >= 4 is 58.3 Å². The number of amides is 2. The van der Waals surface area contributed by atoms with Crippen LogP contribution in [0.25, 0.3) is 40.7 Å². The van der Waals surface area contributed by atoms with Crippen molar-refractivity contribution in [1.82, 2.24) is 49.5 Å². The maximum Gasteiger partial charge on any atom is 0.491 e. The van der Waals surface area contributed by atoms with E-state index in [2.05, 4.69) is 68.2 Å². The van der Waals surface area contributed by atoms with Crippen molar-refractivity contribution < 1.29 is 28.4 Å². The molecule has 6 rings (SSSR count). The average molecular weight is 801 g/mol. The van der Waals surface area contributed by atoms with E-state index in [0.717, 1.165) is 45.8 Å². The van der Waals surface area contributed by atoms with Gasteiger partial charge in [-0.25, -0.2) is 39.3 Å². The van der Waals surface area contributed by atoms with Crippen molar-refractivity contribution in [2.75, 3.05) is 0 Å². The molecular formula is C34H32BBrF2N12O4. The van der Waals surface area contributed by atoms with Crippen LogP contribution in [0.3, 0.4) is 0 Å². The fourth-order valence-electron chi connectivity index (χ4n) is 4.65. The van der Waals surface area contributed by atoms with E-state index in [-0.39, 0.29) is 21.1 Å². The smallest absolute Gasteiger partial charge is 0.423 e. The van der Waals surface area contributed by atoms with Crippen molar-refractivity contribution in [2.24, 2.45) is 11.5 Å². The number of hydrogen-bond donors (Lipinski definition) is 4. The Kier molecular flexibility index (Phi) is 13.8. The summed E-state index contributed by atoms with van der Waals surface area (Å²) < 4.78 is 27.9. The zero-order valence-corrected chi connectivity index (χ0v) is 30.7. The second-order valence-corrected chi connectivity index (χ2v) is 12.4. The molecule has 0 fully saturated rings. The molecule has 16 nitrogen and oxygen atoms in total. The molecule has 276 valence electrons. The monoisotopic (exact) mass is 800 g/mol. The minimum absolute atomic E-state index is 0.0707. The number of aromatic nitrogens is 10. The van der Waals surface area contributed by atoms with Gasteiger partial charge in [0.1, 0.15) is 17.1 Å². The molecule has 6 aromatic rings. The maximum atomic E-state index is 12.8. The first-order chi connectivity index (χ1) is 25.6. The highest BCUT2D eigenvalue weighted by Crippen LogP contribution is 2.20. The third-order valence-electron chi connectivity index (χ3n) is 6.85. The maximum absolute atomic E-state index is 12.8. The highest BCUT2D eigenvalue weighted by atomic mass is 79.9. The molecule has 2 aromatic carbocycles. The number of nitrogens with two attached hydrogens (primary N) is 2. The molecule has 6 N–H and O–H groups in total. The first-order valence-electron chi connectivity index (χ1n) is 15.6. The molecule has 4 heterocycles. The van der Waals surface area contributed by atoms with Crippen LogP contribution in [0.5, 0.6) is 0 Å². The zero-order chi connectivity index (χ0) is 39.5. The Labute approximate surface area is 315 Å². The molecular weight excluding hydrogens is 769 g/mol. The minimum atomic E-state index is -1.64. The number of carbonyl (C=O) groups is 2. The Morgan fingerprint density at radius 3 is 1.46 bits per heavy atom. The molecule has 0 radical (unpaired) electrons. The Balaban J connectivity index is 0.000000197. The SMILES string of the molecule is Cc1cc(C)cc(-c2ncn(/C=C(/C(N)=O)c3cnc(F)nc3)n2)c1.Cc1cc(C)cc(-c2ncn(/C=C(\Br)C(N)=O)n2)c1.OB(O)c1cnc(F)nc1. The molecule has 0 aliphatic carbocycles. The lowest BCUT2D eigenvalue weighted by molar-refractivity contribution is -0.114. The van der Waals surface area contributed by atoms with Crippen molar-refractivity contribution in [3.63, 3.8) is 0 Å². The number of hydrogen-bond acceptors (Lipinski definition) is 12. The fraction of sp³-hybridized carbons (Fsp3) is 0.118. The van der Waals surface area contributed by atoms with Crippen LogP contribution in [0.1, 0.15) is 27.8 Å². The molecule has 0 saturated carbocycles. The van der Waals surface area contributed by atoms with Crippen LogP contribution in [0.2, 0.25) is 0 Å². The average Bonchev–Trinajstić information content (AvgIpc) is 3.78. The van der Waals surface area contributed by atoms with Gasteiger partial charge in [-0.05, 0) is 67.9 Å². The summed E-state index contributed by atoms with van der Waals surface area (Å²) in [5, 5.41) is 25.5. The van der Waals surface area contributed by atoms with Gasteiger partial charge in [0.05, 0.1) is 11.8 Å². The van der Waals surface area contributed by atoms with Crippen molar-refractivity contribution in [2.45, 2.75) is 27.7 Å². The van der Waals surface area contributed by atoms with Gasteiger partial charge < -0.3 is 21.5 Å². The number of halogens is 3. The van der Waals surface area contributed by atoms with Gasteiger partial charge in [0, 0.05) is 53.1 Å². The molecule has 4 aromatic heterocycles. The molecule has 0 bridgehead atoms. The lowest BCUT2D eigenvalue weighted by Crippen LogP contribution is -2.30. The molecule has 0 aliphatic rings. The zero-order valence-electron chi connectivity index (χ0n) is 29.1. The number of nitrogens with zero attached hydrogens (tertiary/aromatic N) is 10. The number of carbonyl (C=O) groups excluding carboxylic acids is 2. The third kappa shape index (κ3) is 11.8. The summed E-state index contributed by atoms with van der Waals surface area (Å²) in [4.78, 5) is 44.1. The summed E-state index contributed by atoms with van der Waals surface area (Å²) in [6, 6.07) is 12.1. The van der Waals surface area contributed by atoms with E-state index in [9.17, 15) is 18.4 Å². The normalized spacial score (nSPS) is 11.2. The van der Waals surface area contributed by atoms with E-state index in [4.69, 9.17) is 21.5 Å². The second kappa shape index (κ2) is 18.4. The molecule has 0 spiro atoms. The first-order valence-corrected chi connectivity index (χ1v) is 16.4. The van der Waals surface area contributed by atoms with Crippen LogP contribution >= 0.6 is 15.9 Å². The number of primary amides is 2. The van der Waals surface area contributed by atoms with Crippen LogP contribution < -0.4 is 16.9 Å². The number of benzene rings is 2. The number of aryl methyl sites for hydroxylation is 4. The van der Waals surface area contributed by atoms with Crippen LogP contribution in [0.4, 0.5) is 8.78 Å². The predicted octanol–water partition coefficient (Wildman–Crippen LogP) is 2.51. The highest BCUT2D eigenvalue weighted by Gasteiger charge is 2.13. The van der Waals surface area contributed by atoms with Crippen LogP contribution in [0.15, 0.2) is 78.3 Å². The first kappa shape index (κ1) is 40.4. The summed E-state index contributed by atoms with van der Waals surface area (Å²) in [5.41, 5.74) is 17.3. The van der Waals surface area contributed by atoms with Crippen molar-refractivity contribution in [1.29, 1.82) is 0 Å². The van der Waals surface area contributed by atoms with Crippen molar-refractivity contribution in [3.8, 4) is 22.8 Å². The molecule has 54 heavy (non-hydrogen) atoms. The second-order valence-electron chi connectivity index (χ2n) is 11.5. The number of rotatable bonds is 8. The van der Waals surface area contributed by atoms with E-state index >= 15 is 0 Å². The molecule has 2 amide bonds. The minimum Gasteiger partial charge on any atom is -0.423 e. The van der Waals surface area contributed by atoms with E-state index in [0.29, 0.717) is 11.6 Å². The summed E-state index contributed by atoms with van der Waals surface area (Å²) in [7, 11) is -1.64. The molecule has 0 aliphatic heterocycles. The lowest BCUT2D eigenvalue weighted by atomic mass is 9.83.